The van der Waals surface area contributed by atoms with Crippen molar-refractivity contribution in [1.29, 1.82) is 0 Å². The summed E-state index contributed by atoms with van der Waals surface area (Å²) in [4.78, 5) is 1.91. The van der Waals surface area contributed by atoms with Gasteiger partial charge in [-0.3, -0.25) is 0 Å². The van der Waals surface area contributed by atoms with Crippen LogP contribution in [-0.4, -0.2) is 32.1 Å². The molecule has 0 saturated heterocycles. The van der Waals surface area contributed by atoms with Crippen molar-refractivity contribution in [2.24, 2.45) is 0 Å². The van der Waals surface area contributed by atoms with Crippen molar-refractivity contribution in [3.05, 3.63) is 71.2 Å². The summed E-state index contributed by atoms with van der Waals surface area (Å²) in [5.41, 5.74) is 0.199. The number of hydrogen-bond acceptors (Lipinski definition) is 2. The highest BCUT2D eigenvalue weighted by molar-refractivity contribution is 5.35. The van der Waals surface area contributed by atoms with Crippen LogP contribution in [-0.2, 0) is 4.74 Å². The van der Waals surface area contributed by atoms with Crippen LogP contribution in [0.1, 0.15) is 32.4 Å². The normalized spacial score (nSPS) is 18.2. The van der Waals surface area contributed by atoms with Gasteiger partial charge in [0.05, 0.1) is 12.1 Å². The molecule has 0 bridgehead atoms. The van der Waals surface area contributed by atoms with Gasteiger partial charge in [-0.1, -0.05) is 54.5 Å². The molecule has 2 heteroatoms. The quantitative estimate of drug-likeness (QED) is 0.798. The summed E-state index contributed by atoms with van der Waals surface area (Å²) in [6.45, 7) is -1.85. The zero-order chi connectivity index (χ0) is 20.4. The molecular weight excluding hydrogens is 246 g/mol. The number of benzene rings is 2. The van der Waals surface area contributed by atoms with E-state index in [9.17, 15) is 0 Å². The van der Waals surface area contributed by atoms with Crippen molar-refractivity contribution in [1.82, 2.24) is 4.90 Å². The fourth-order valence-corrected chi connectivity index (χ4v) is 1.85. The van der Waals surface area contributed by atoms with E-state index in [-0.39, 0.29) is 18.2 Å². The topological polar surface area (TPSA) is 12.5 Å². The van der Waals surface area contributed by atoms with E-state index in [1.165, 1.54) is 0 Å². The van der Waals surface area contributed by atoms with Crippen LogP contribution < -0.4 is 0 Å². The van der Waals surface area contributed by atoms with E-state index in [4.69, 9.17) is 14.3 Å². The fraction of sp³-hybridized carbons (Fsp3) is 0.333. The lowest BCUT2D eigenvalue weighted by Gasteiger charge is -2.22. The maximum Gasteiger partial charge on any atom is 0.108 e. The first-order valence-corrected chi connectivity index (χ1v) is 6.47. The van der Waals surface area contributed by atoms with E-state index < -0.39 is 36.6 Å². The third kappa shape index (κ3) is 3.92. The summed E-state index contributed by atoms with van der Waals surface area (Å²) < 4.78 is 61.7. The minimum atomic E-state index is -2.70. The maximum atomic E-state index is 8.32. The first kappa shape index (κ1) is 7.96. The van der Waals surface area contributed by atoms with Gasteiger partial charge in [0.1, 0.15) is 6.10 Å². The lowest BCUT2D eigenvalue weighted by molar-refractivity contribution is 0.0683. The molecule has 106 valence electrons. The average Bonchev–Trinajstić information content (AvgIpc) is 2.60. The molecule has 0 aliphatic carbocycles. The van der Waals surface area contributed by atoms with Gasteiger partial charge in [-0.2, -0.15) is 0 Å². The molecule has 1 unspecified atom stereocenters. The van der Waals surface area contributed by atoms with Crippen LogP contribution in [0.5, 0.6) is 0 Å². The molecule has 2 nitrogen and oxygen atoms in total. The Morgan fingerprint density at radius 1 is 1.20 bits per heavy atom. The Morgan fingerprint density at radius 2 is 1.95 bits per heavy atom. The van der Waals surface area contributed by atoms with Gasteiger partial charge in [-0.05, 0) is 37.6 Å². The molecule has 0 fully saturated rings. The van der Waals surface area contributed by atoms with Gasteiger partial charge in [0.15, 0.2) is 0 Å². The zero-order valence-electron chi connectivity index (χ0n) is 18.7. The molecule has 0 aromatic heterocycles. The van der Waals surface area contributed by atoms with Gasteiger partial charge >= 0.3 is 0 Å². The number of likely N-dealkylation sites (N-methyl/N-ethyl adjacent to an activating group) is 1. The van der Waals surface area contributed by atoms with Crippen molar-refractivity contribution in [2.75, 3.05) is 27.2 Å². The molecular formula is C18H23NO. The number of rotatable bonds is 6. The van der Waals surface area contributed by atoms with Crippen LogP contribution in [0.2, 0.25) is 0 Å². The summed E-state index contributed by atoms with van der Waals surface area (Å²) in [5, 5.41) is 0. The van der Waals surface area contributed by atoms with Crippen LogP contribution in [0.4, 0.5) is 0 Å². The van der Waals surface area contributed by atoms with Gasteiger partial charge in [0.2, 0.25) is 0 Å². The molecule has 0 amide bonds. The van der Waals surface area contributed by atoms with Crippen LogP contribution in [0.3, 0.4) is 0 Å². The van der Waals surface area contributed by atoms with Gasteiger partial charge < -0.3 is 9.64 Å². The monoisotopic (exact) mass is 276 g/mol. The zero-order valence-corrected chi connectivity index (χ0v) is 11.7. The Hall–Kier alpha value is -1.64. The number of ether oxygens (including phenoxy) is 1. The molecule has 0 saturated carbocycles. The minimum Gasteiger partial charge on any atom is -0.367 e. The second-order valence-corrected chi connectivity index (χ2v) is 4.75. The Kier molecular flexibility index (Phi) is 2.88. The fourth-order valence-electron chi connectivity index (χ4n) is 1.85. The average molecular weight is 276 g/mol. The lowest BCUT2D eigenvalue weighted by Crippen LogP contribution is -2.20. The first-order valence-electron chi connectivity index (χ1n) is 9.97. The van der Waals surface area contributed by atoms with E-state index in [0.29, 0.717) is 12.1 Å². The van der Waals surface area contributed by atoms with Gasteiger partial charge in [0, 0.05) is 10.7 Å². The molecule has 0 heterocycles. The van der Waals surface area contributed by atoms with Crippen molar-refractivity contribution in [2.45, 2.75) is 13.0 Å². The van der Waals surface area contributed by atoms with E-state index in [1.54, 1.807) is 24.3 Å². The molecule has 0 N–H and O–H groups in total. The predicted molar refractivity (Wildman–Crippen MR) is 84.0 cm³/mol. The molecule has 2 aromatic rings. The lowest BCUT2D eigenvalue weighted by atomic mass is 9.97. The molecule has 0 radical (unpaired) electrons. The molecule has 0 spiro atoms. The standard InChI is InChI=1S/C18H23NO/c1-15-9-7-8-12-17(15)18(20-14-13-19(2)3)16-10-5-4-6-11-16/h4-12,18H,13-14H2,1-3H3/i1D3,7D,8D,9D,12D. The SMILES string of the molecule is [2H]c1c([2H])c([2H])c(C([2H])([2H])[2H])c(C(OCCN(C)C)c2ccccc2)c1[2H]. The van der Waals surface area contributed by atoms with E-state index >= 15 is 0 Å². The van der Waals surface area contributed by atoms with Crippen LogP contribution >= 0.6 is 0 Å². The van der Waals surface area contributed by atoms with E-state index in [2.05, 4.69) is 0 Å². The van der Waals surface area contributed by atoms with Crippen LogP contribution in [0, 0.1) is 6.85 Å². The van der Waals surface area contributed by atoms with E-state index in [1.807, 2.05) is 25.1 Å². The van der Waals surface area contributed by atoms with Crippen LogP contribution in [0.15, 0.2) is 54.5 Å². The number of nitrogens with zero attached hydrogens (tertiary/aromatic N) is 1. The second kappa shape index (κ2) is 7.22. The summed E-state index contributed by atoms with van der Waals surface area (Å²) in [5.74, 6) is 0. The molecule has 0 aliphatic rings. The minimum absolute atomic E-state index is 0.0362. The third-order valence-electron chi connectivity index (χ3n) is 2.90. The largest absolute Gasteiger partial charge is 0.367 e. The predicted octanol–water partition coefficient (Wildman–Crippen LogP) is 3.66. The summed E-state index contributed by atoms with van der Waals surface area (Å²) >= 11 is 0. The third-order valence-corrected chi connectivity index (χ3v) is 2.90. The highest BCUT2D eigenvalue weighted by Crippen LogP contribution is 2.28. The van der Waals surface area contributed by atoms with Gasteiger partial charge in [-0.25, -0.2) is 0 Å². The highest BCUT2D eigenvalue weighted by Gasteiger charge is 2.16. The van der Waals surface area contributed by atoms with Gasteiger partial charge in [0.25, 0.3) is 0 Å². The molecule has 1 atom stereocenters. The smallest absolute Gasteiger partial charge is 0.108 e. The Morgan fingerprint density at radius 3 is 2.65 bits per heavy atom. The maximum absolute atomic E-state index is 8.32. The van der Waals surface area contributed by atoms with Crippen LogP contribution in [0.25, 0.3) is 0 Å². The molecule has 2 aromatic carbocycles. The molecule has 2 rings (SSSR count). The van der Waals surface area contributed by atoms with Gasteiger partial charge in [-0.15, -0.1) is 0 Å². The van der Waals surface area contributed by atoms with Crippen molar-refractivity contribution in [3.8, 4) is 0 Å². The first-order chi connectivity index (χ1) is 12.6. The second-order valence-electron chi connectivity index (χ2n) is 4.75. The van der Waals surface area contributed by atoms with Crippen molar-refractivity contribution >= 4 is 0 Å². The van der Waals surface area contributed by atoms with Crippen molar-refractivity contribution < 1.29 is 14.3 Å². The van der Waals surface area contributed by atoms with E-state index in [0.717, 1.165) is 0 Å². The van der Waals surface area contributed by atoms with Crippen molar-refractivity contribution in [3.63, 3.8) is 0 Å². The molecule has 20 heavy (non-hydrogen) atoms. The Balaban J connectivity index is 2.70. The summed E-state index contributed by atoms with van der Waals surface area (Å²) in [6, 6.07) is 6.90. The molecule has 0 aliphatic heterocycles. The Bertz CT molecular complexity index is 791. The summed E-state index contributed by atoms with van der Waals surface area (Å²) in [6.07, 6.45) is -0.914. The number of hydrogen-bond donors (Lipinski definition) is 0. The highest BCUT2D eigenvalue weighted by atomic mass is 16.5. The summed E-state index contributed by atoms with van der Waals surface area (Å²) in [7, 11) is 3.76. The Labute approximate surface area is 131 Å².